The lowest BCUT2D eigenvalue weighted by molar-refractivity contribution is -0.117. The predicted molar refractivity (Wildman–Crippen MR) is 125 cm³/mol. The number of likely N-dealkylation sites (tertiary alicyclic amines) is 1. The summed E-state index contributed by atoms with van der Waals surface area (Å²) in [5.74, 6) is 0.379. The molecule has 1 atom stereocenters. The van der Waals surface area contributed by atoms with Gasteiger partial charge in [-0.3, -0.25) is 14.7 Å². The van der Waals surface area contributed by atoms with Crippen molar-refractivity contribution in [1.29, 1.82) is 0 Å². The summed E-state index contributed by atoms with van der Waals surface area (Å²) >= 11 is 0. The minimum absolute atomic E-state index is 0.0279. The first-order chi connectivity index (χ1) is 15.6. The van der Waals surface area contributed by atoms with Crippen LogP contribution in [-0.4, -0.2) is 46.5 Å². The Morgan fingerprint density at radius 3 is 2.75 bits per heavy atom. The molecule has 6 nitrogen and oxygen atoms in total. The number of carbonyl (C=O) groups excluding carboxylic acids is 2. The average molecular weight is 429 g/mol. The van der Waals surface area contributed by atoms with E-state index in [0.29, 0.717) is 18.5 Å². The monoisotopic (exact) mass is 428 g/mol. The zero-order valence-corrected chi connectivity index (χ0v) is 18.4. The topological polar surface area (TPSA) is 69.3 Å². The van der Waals surface area contributed by atoms with Crippen LogP contribution < -0.4 is 4.90 Å². The van der Waals surface area contributed by atoms with E-state index in [-0.39, 0.29) is 17.7 Å². The quantitative estimate of drug-likeness (QED) is 0.664. The number of nitrogens with one attached hydrogen (secondary N) is 1. The first-order valence-electron chi connectivity index (χ1n) is 11.4. The number of carbonyl (C=O) groups is 2. The van der Waals surface area contributed by atoms with E-state index < -0.39 is 0 Å². The Balaban J connectivity index is 1.37. The fourth-order valence-electron chi connectivity index (χ4n) is 5.00. The summed E-state index contributed by atoms with van der Waals surface area (Å²) in [6.45, 7) is 4.24. The van der Waals surface area contributed by atoms with E-state index in [1.165, 1.54) is 11.1 Å². The molecule has 1 aromatic heterocycles. The number of aryl methyl sites for hydroxylation is 1. The number of rotatable bonds is 4. The van der Waals surface area contributed by atoms with Crippen LogP contribution in [0.2, 0.25) is 0 Å². The van der Waals surface area contributed by atoms with Crippen LogP contribution in [0.3, 0.4) is 0 Å². The second-order valence-corrected chi connectivity index (χ2v) is 8.80. The lowest BCUT2D eigenvalue weighted by atomic mass is 9.89. The molecular weight excluding hydrogens is 400 g/mol. The molecule has 2 amide bonds. The average Bonchev–Trinajstić information content (AvgIpc) is 3.48. The Bertz CT molecular complexity index is 1150. The van der Waals surface area contributed by atoms with Crippen LogP contribution >= 0.6 is 0 Å². The fourth-order valence-corrected chi connectivity index (χ4v) is 5.00. The molecule has 1 N–H and O–H groups in total. The van der Waals surface area contributed by atoms with Crippen LogP contribution in [0, 0.1) is 6.92 Å². The van der Waals surface area contributed by atoms with E-state index in [1.807, 2.05) is 47.5 Å². The van der Waals surface area contributed by atoms with Crippen molar-refractivity contribution in [3.63, 3.8) is 0 Å². The standard InChI is InChI=1S/C26H28N4O2/c1-18-7-2-3-11-22(18)23-16-27-28-25(23)20-9-5-13-29(17-20)26(32)19-8-4-10-21(15-19)30-14-6-12-24(30)31/h2-4,7-8,10-11,15-16,20H,5-6,9,12-14,17H2,1H3,(H,27,28)/t20-/m1/s1. The number of H-pyrrole nitrogens is 1. The van der Waals surface area contributed by atoms with E-state index >= 15 is 0 Å². The van der Waals surface area contributed by atoms with Crippen molar-refractivity contribution in [3.05, 3.63) is 71.5 Å². The van der Waals surface area contributed by atoms with Gasteiger partial charge in [0.25, 0.3) is 5.91 Å². The van der Waals surface area contributed by atoms with Gasteiger partial charge in [-0.05, 0) is 55.5 Å². The number of hydrogen-bond donors (Lipinski definition) is 1. The highest BCUT2D eigenvalue weighted by Crippen LogP contribution is 2.35. The molecule has 2 aliphatic heterocycles. The predicted octanol–water partition coefficient (Wildman–Crippen LogP) is 4.53. The van der Waals surface area contributed by atoms with Crippen LogP contribution in [-0.2, 0) is 4.79 Å². The van der Waals surface area contributed by atoms with Gasteiger partial charge < -0.3 is 9.80 Å². The molecule has 6 heteroatoms. The molecule has 0 bridgehead atoms. The van der Waals surface area contributed by atoms with E-state index in [1.54, 1.807) is 4.90 Å². The van der Waals surface area contributed by atoms with E-state index in [2.05, 4.69) is 29.3 Å². The van der Waals surface area contributed by atoms with Crippen LogP contribution in [0.15, 0.2) is 54.7 Å². The number of aromatic nitrogens is 2. The molecule has 3 aromatic rings. The molecule has 0 unspecified atom stereocenters. The molecule has 0 aliphatic carbocycles. The second kappa shape index (κ2) is 8.61. The normalized spacial score (nSPS) is 18.9. The van der Waals surface area contributed by atoms with Crippen molar-refractivity contribution in [1.82, 2.24) is 15.1 Å². The second-order valence-electron chi connectivity index (χ2n) is 8.80. The van der Waals surface area contributed by atoms with E-state index in [9.17, 15) is 9.59 Å². The first-order valence-corrected chi connectivity index (χ1v) is 11.4. The lowest BCUT2D eigenvalue weighted by Crippen LogP contribution is -2.39. The summed E-state index contributed by atoms with van der Waals surface area (Å²) in [6.07, 6.45) is 5.33. The Hall–Kier alpha value is -3.41. The van der Waals surface area contributed by atoms with Gasteiger partial charge in [-0.1, -0.05) is 30.3 Å². The molecule has 3 heterocycles. The molecule has 164 valence electrons. The molecule has 0 radical (unpaired) electrons. The van der Waals surface area contributed by atoms with Gasteiger partial charge in [-0.25, -0.2) is 0 Å². The minimum atomic E-state index is 0.0279. The third-order valence-electron chi connectivity index (χ3n) is 6.70. The van der Waals surface area contributed by atoms with Gasteiger partial charge in [0, 0.05) is 54.5 Å². The number of nitrogens with zero attached hydrogens (tertiary/aromatic N) is 3. The Morgan fingerprint density at radius 1 is 1.06 bits per heavy atom. The minimum Gasteiger partial charge on any atom is -0.338 e. The van der Waals surface area contributed by atoms with Crippen molar-refractivity contribution in [2.75, 3.05) is 24.5 Å². The van der Waals surface area contributed by atoms with Gasteiger partial charge in [0.2, 0.25) is 5.91 Å². The summed E-state index contributed by atoms with van der Waals surface area (Å²) < 4.78 is 0. The lowest BCUT2D eigenvalue weighted by Gasteiger charge is -2.33. The van der Waals surface area contributed by atoms with E-state index in [4.69, 9.17) is 0 Å². The Morgan fingerprint density at radius 2 is 1.94 bits per heavy atom. The number of piperidine rings is 1. The van der Waals surface area contributed by atoms with Crippen molar-refractivity contribution in [2.45, 2.75) is 38.5 Å². The maximum absolute atomic E-state index is 13.4. The van der Waals surface area contributed by atoms with E-state index in [0.717, 1.165) is 49.3 Å². The molecule has 5 rings (SSSR count). The number of amides is 2. The van der Waals surface area contributed by atoms with Crippen LogP contribution in [0.25, 0.3) is 11.1 Å². The largest absolute Gasteiger partial charge is 0.338 e. The van der Waals surface area contributed by atoms with Crippen molar-refractivity contribution in [3.8, 4) is 11.1 Å². The first kappa shape index (κ1) is 20.5. The van der Waals surface area contributed by atoms with Crippen molar-refractivity contribution >= 4 is 17.5 Å². The maximum Gasteiger partial charge on any atom is 0.253 e. The van der Waals surface area contributed by atoms with Crippen LogP contribution in [0.5, 0.6) is 0 Å². The Kier molecular flexibility index (Phi) is 5.52. The number of aromatic amines is 1. The van der Waals surface area contributed by atoms with Crippen LogP contribution in [0.4, 0.5) is 5.69 Å². The Labute approximate surface area is 188 Å². The number of anilines is 1. The van der Waals surface area contributed by atoms with Gasteiger partial charge in [0.05, 0.1) is 6.20 Å². The molecule has 2 aromatic carbocycles. The molecule has 32 heavy (non-hydrogen) atoms. The summed E-state index contributed by atoms with van der Waals surface area (Å²) in [4.78, 5) is 29.2. The van der Waals surface area contributed by atoms with Gasteiger partial charge >= 0.3 is 0 Å². The molecular formula is C26H28N4O2. The summed E-state index contributed by atoms with van der Waals surface area (Å²) in [5.41, 5.74) is 6.09. The third-order valence-corrected chi connectivity index (χ3v) is 6.70. The molecule has 0 saturated carbocycles. The number of hydrogen-bond acceptors (Lipinski definition) is 3. The molecule has 2 fully saturated rings. The highest BCUT2D eigenvalue weighted by atomic mass is 16.2. The third kappa shape index (κ3) is 3.81. The summed E-state index contributed by atoms with van der Waals surface area (Å²) in [7, 11) is 0. The maximum atomic E-state index is 13.4. The zero-order chi connectivity index (χ0) is 22.1. The van der Waals surface area contributed by atoms with Gasteiger partial charge in [-0.15, -0.1) is 0 Å². The smallest absolute Gasteiger partial charge is 0.253 e. The van der Waals surface area contributed by atoms with Crippen LogP contribution in [0.1, 0.15) is 53.2 Å². The summed E-state index contributed by atoms with van der Waals surface area (Å²) in [5, 5.41) is 7.56. The van der Waals surface area contributed by atoms with Gasteiger partial charge in [-0.2, -0.15) is 5.10 Å². The SMILES string of the molecule is Cc1ccccc1-c1cn[nH]c1[C@@H]1CCCN(C(=O)c2cccc(N3CCCC3=O)c2)C1. The van der Waals surface area contributed by atoms with Gasteiger partial charge in [0.15, 0.2) is 0 Å². The molecule has 2 aliphatic rings. The zero-order valence-electron chi connectivity index (χ0n) is 18.4. The fraction of sp³-hybridized carbons (Fsp3) is 0.346. The van der Waals surface area contributed by atoms with Gasteiger partial charge in [0.1, 0.15) is 0 Å². The number of benzene rings is 2. The molecule has 0 spiro atoms. The highest BCUT2D eigenvalue weighted by Gasteiger charge is 2.29. The van der Waals surface area contributed by atoms with Crippen molar-refractivity contribution < 1.29 is 9.59 Å². The molecule has 2 saturated heterocycles. The van der Waals surface area contributed by atoms with Crippen molar-refractivity contribution in [2.24, 2.45) is 0 Å². The summed E-state index contributed by atoms with van der Waals surface area (Å²) in [6, 6.07) is 15.8. The highest BCUT2D eigenvalue weighted by molar-refractivity contribution is 5.99.